The van der Waals surface area contributed by atoms with Gasteiger partial charge in [-0.1, -0.05) is 6.07 Å². The molecule has 2 aliphatic rings. The maximum atomic E-state index is 12.5. The van der Waals surface area contributed by atoms with Crippen LogP contribution in [0, 0.1) is 13.8 Å². The van der Waals surface area contributed by atoms with Gasteiger partial charge < -0.3 is 19.5 Å². The number of aryl methyl sites for hydroxylation is 3. The van der Waals surface area contributed by atoms with Crippen molar-refractivity contribution >= 4 is 11.6 Å². The first-order chi connectivity index (χ1) is 11.6. The number of hydrogen-bond donors (Lipinski definition) is 1. The van der Waals surface area contributed by atoms with Crippen molar-refractivity contribution in [1.29, 1.82) is 0 Å². The van der Waals surface area contributed by atoms with Crippen molar-refractivity contribution in [2.45, 2.75) is 32.8 Å². The molecule has 2 heterocycles. The Balaban J connectivity index is 1.50. The van der Waals surface area contributed by atoms with Crippen molar-refractivity contribution in [3.8, 4) is 17.2 Å². The molecule has 0 saturated heterocycles. The zero-order valence-corrected chi connectivity index (χ0v) is 13.7. The molecule has 0 saturated carbocycles. The highest BCUT2D eigenvalue weighted by atomic mass is 16.7. The van der Waals surface area contributed by atoms with Crippen LogP contribution in [-0.4, -0.2) is 18.8 Å². The van der Waals surface area contributed by atoms with Crippen LogP contribution in [0.15, 0.2) is 30.3 Å². The Hall–Kier alpha value is -2.69. The van der Waals surface area contributed by atoms with Gasteiger partial charge in [-0.2, -0.15) is 0 Å². The van der Waals surface area contributed by atoms with Gasteiger partial charge in [0.05, 0.1) is 0 Å². The predicted molar refractivity (Wildman–Crippen MR) is 89.8 cm³/mol. The van der Waals surface area contributed by atoms with E-state index in [-0.39, 0.29) is 12.7 Å². The van der Waals surface area contributed by atoms with Gasteiger partial charge in [0.15, 0.2) is 17.6 Å². The molecule has 1 atom stereocenters. The zero-order valence-electron chi connectivity index (χ0n) is 13.7. The highest BCUT2D eigenvalue weighted by Gasteiger charge is 2.28. The fraction of sp³-hybridized carbons (Fsp3) is 0.316. The Morgan fingerprint density at radius 1 is 1.00 bits per heavy atom. The molecule has 0 spiro atoms. The Morgan fingerprint density at radius 2 is 1.71 bits per heavy atom. The minimum atomic E-state index is -0.501. The second kappa shape index (κ2) is 5.74. The van der Waals surface area contributed by atoms with Gasteiger partial charge in [0.1, 0.15) is 5.75 Å². The summed E-state index contributed by atoms with van der Waals surface area (Å²) >= 11 is 0. The zero-order chi connectivity index (χ0) is 16.7. The van der Waals surface area contributed by atoms with Gasteiger partial charge in [-0.15, -0.1) is 0 Å². The van der Waals surface area contributed by atoms with Crippen LogP contribution >= 0.6 is 0 Å². The van der Waals surface area contributed by atoms with E-state index in [1.807, 2.05) is 38.1 Å². The second-order valence-corrected chi connectivity index (χ2v) is 6.32. The van der Waals surface area contributed by atoms with Crippen LogP contribution in [0.1, 0.15) is 23.1 Å². The fourth-order valence-electron chi connectivity index (χ4n) is 3.22. The van der Waals surface area contributed by atoms with Crippen molar-refractivity contribution in [3.05, 3.63) is 47.0 Å². The second-order valence-electron chi connectivity index (χ2n) is 6.32. The number of fused-ring (bicyclic) bond motifs is 2. The molecular formula is C19H19NO4. The first-order valence-corrected chi connectivity index (χ1v) is 8.07. The topological polar surface area (TPSA) is 56.8 Å². The van der Waals surface area contributed by atoms with Gasteiger partial charge in [0.25, 0.3) is 5.91 Å². The molecule has 24 heavy (non-hydrogen) atoms. The van der Waals surface area contributed by atoms with Crippen molar-refractivity contribution in [2.24, 2.45) is 0 Å². The van der Waals surface area contributed by atoms with Crippen LogP contribution < -0.4 is 19.5 Å². The number of ether oxygens (including phenoxy) is 3. The molecule has 124 valence electrons. The molecule has 5 heteroatoms. The van der Waals surface area contributed by atoms with E-state index in [1.165, 1.54) is 0 Å². The van der Waals surface area contributed by atoms with Crippen molar-refractivity contribution < 1.29 is 19.0 Å². The first-order valence-electron chi connectivity index (χ1n) is 8.07. The predicted octanol–water partition coefficient (Wildman–Crippen LogP) is 3.36. The van der Waals surface area contributed by atoms with E-state index >= 15 is 0 Å². The Kier molecular flexibility index (Phi) is 3.56. The summed E-state index contributed by atoms with van der Waals surface area (Å²) < 4.78 is 16.7. The summed E-state index contributed by atoms with van der Waals surface area (Å²) in [4.78, 5) is 12.5. The van der Waals surface area contributed by atoms with Gasteiger partial charge in [-0.3, -0.25) is 4.79 Å². The molecular weight excluding hydrogens is 306 g/mol. The number of anilines is 1. The lowest BCUT2D eigenvalue weighted by atomic mass is 10.0. The van der Waals surface area contributed by atoms with Gasteiger partial charge >= 0.3 is 0 Å². The fourth-order valence-corrected chi connectivity index (χ4v) is 3.22. The summed E-state index contributed by atoms with van der Waals surface area (Å²) in [6.07, 6.45) is 0.916. The first kappa shape index (κ1) is 14.9. The third kappa shape index (κ3) is 2.77. The molecule has 2 aromatic rings. The SMILES string of the molecule is Cc1cc(C)cc(NC(=O)C2CCc3cc4c(cc3O2)OCO4)c1. The Labute approximate surface area is 140 Å². The number of rotatable bonds is 2. The van der Waals surface area contributed by atoms with Crippen LogP contribution in [0.3, 0.4) is 0 Å². The minimum Gasteiger partial charge on any atom is -0.480 e. The summed E-state index contributed by atoms with van der Waals surface area (Å²) in [5.41, 5.74) is 4.09. The molecule has 0 radical (unpaired) electrons. The van der Waals surface area contributed by atoms with Crippen LogP contribution in [0.4, 0.5) is 5.69 Å². The highest BCUT2D eigenvalue weighted by molar-refractivity contribution is 5.94. The lowest BCUT2D eigenvalue weighted by molar-refractivity contribution is -0.123. The average Bonchev–Trinajstić information content (AvgIpc) is 2.98. The molecule has 0 aromatic heterocycles. The van der Waals surface area contributed by atoms with Crippen molar-refractivity contribution in [2.75, 3.05) is 12.1 Å². The third-order valence-electron chi connectivity index (χ3n) is 4.28. The molecule has 1 N–H and O–H groups in total. The molecule has 5 nitrogen and oxygen atoms in total. The maximum Gasteiger partial charge on any atom is 0.265 e. The number of hydrogen-bond acceptors (Lipinski definition) is 4. The lowest BCUT2D eigenvalue weighted by Crippen LogP contribution is -2.35. The molecule has 2 aliphatic heterocycles. The largest absolute Gasteiger partial charge is 0.480 e. The Morgan fingerprint density at radius 3 is 2.46 bits per heavy atom. The van der Waals surface area contributed by atoms with E-state index in [0.717, 1.165) is 34.5 Å². The van der Waals surface area contributed by atoms with E-state index in [4.69, 9.17) is 14.2 Å². The van der Waals surface area contributed by atoms with E-state index < -0.39 is 6.10 Å². The van der Waals surface area contributed by atoms with Gasteiger partial charge in [-0.25, -0.2) is 0 Å². The van der Waals surface area contributed by atoms with Crippen LogP contribution in [0.5, 0.6) is 17.2 Å². The van der Waals surface area contributed by atoms with E-state index in [1.54, 1.807) is 0 Å². The average molecular weight is 325 g/mol. The summed E-state index contributed by atoms with van der Waals surface area (Å²) in [7, 11) is 0. The summed E-state index contributed by atoms with van der Waals surface area (Å²) in [5.74, 6) is 1.99. The van der Waals surface area contributed by atoms with Crippen LogP contribution in [0.2, 0.25) is 0 Å². The van der Waals surface area contributed by atoms with Gasteiger partial charge in [0, 0.05) is 11.8 Å². The van der Waals surface area contributed by atoms with Crippen molar-refractivity contribution in [1.82, 2.24) is 0 Å². The highest BCUT2D eigenvalue weighted by Crippen LogP contribution is 2.40. The molecule has 2 aromatic carbocycles. The number of carbonyl (C=O) groups is 1. The molecule has 0 aliphatic carbocycles. The normalized spacial score (nSPS) is 17.8. The van der Waals surface area contributed by atoms with E-state index in [2.05, 4.69) is 11.4 Å². The van der Waals surface area contributed by atoms with Gasteiger partial charge in [-0.05, 0) is 61.6 Å². The van der Waals surface area contributed by atoms with Gasteiger partial charge in [0.2, 0.25) is 6.79 Å². The molecule has 4 rings (SSSR count). The Bertz CT molecular complexity index is 795. The minimum absolute atomic E-state index is 0.122. The number of amides is 1. The number of carbonyl (C=O) groups excluding carboxylic acids is 1. The smallest absolute Gasteiger partial charge is 0.265 e. The molecule has 0 bridgehead atoms. The van der Waals surface area contributed by atoms with E-state index in [9.17, 15) is 4.79 Å². The van der Waals surface area contributed by atoms with Crippen LogP contribution in [-0.2, 0) is 11.2 Å². The number of nitrogens with one attached hydrogen (secondary N) is 1. The summed E-state index contributed by atoms with van der Waals surface area (Å²) in [6.45, 7) is 4.26. The molecule has 1 amide bonds. The maximum absolute atomic E-state index is 12.5. The molecule has 1 unspecified atom stereocenters. The molecule has 0 fully saturated rings. The summed E-state index contributed by atoms with van der Waals surface area (Å²) in [6, 6.07) is 9.74. The standard InChI is InChI=1S/C19H19NO4/c1-11-5-12(2)7-14(6-11)20-19(21)15-4-3-13-8-17-18(23-10-22-17)9-16(13)24-15/h5-9,15H,3-4,10H2,1-2H3,(H,20,21). The third-order valence-corrected chi connectivity index (χ3v) is 4.28. The lowest BCUT2D eigenvalue weighted by Gasteiger charge is -2.25. The number of benzene rings is 2. The summed E-state index contributed by atoms with van der Waals surface area (Å²) in [5, 5.41) is 2.96. The van der Waals surface area contributed by atoms with Crippen LogP contribution in [0.25, 0.3) is 0 Å². The van der Waals surface area contributed by atoms with E-state index in [0.29, 0.717) is 17.9 Å². The monoisotopic (exact) mass is 325 g/mol. The van der Waals surface area contributed by atoms with Crippen molar-refractivity contribution in [3.63, 3.8) is 0 Å². The quantitative estimate of drug-likeness (QED) is 0.920.